The molecule has 21 heavy (non-hydrogen) atoms. The van der Waals surface area contributed by atoms with Crippen molar-refractivity contribution in [2.24, 2.45) is 0 Å². The van der Waals surface area contributed by atoms with Gasteiger partial charge in [-0.3, -0.25) is 0 Å². The zero-order chi connectivity index (χ0) is 15.6. The number of hydrogen-bond donors (Lipinski definition) is 1. The lowest BCUT2D eigenvalue weighted by Gasteiger charge is -2.35. The predicted octanol–water partition coefficient (Wildman–Crippen LogP) is 1.80. The van der Waals surface area contributed by atoms with Gasteiger partial charge >= 0.3 is 12.0 Å². The van der Waals surface area contributed by atoms with Crippen LogP contribution in [-0.4, -0.2) is 52.6 Å². The van der Waals surface area contributed by atoms with Crippen molar-refractivity contribution in [2.75, 3.05) is 20.2 Å². The summed E-state index contributed by atoms with van der Waals surface area (Å²) >= 11 is 0. The van der Waals surface area contributed by atoms with Crippen LogP contribution in [0.5, 0.6) is 5.75 Å². The van der Waals surface area contributed by atoms with E-state index in [1.165, 1.54) is 25.8 Å². The van der Waals surface area contributed by atoms with Gasteiger partial charge in [-0.1, -0.05) is 18.2 Å². The van der Waals surface area contributed by atoms with Crippen LogP contribution in [0.15, 0.2) is 24.3 Å². The second-order valence-corrected chi connectivity index (χ2v) is 5.58. The lowest BCUT2D eigenvalue weighted by Crippen LogP contribution is -2.55. The zero-order valence-corrected chi connectivity index (χ0v) is 12.5. The zero-order valence-electron chi connectivity index (χ0n) is 12.5. The van der Waals surface area contributed by atoms with Crippen LogP contribution in [-0.2, 0) is 11.3 Å². The van der Waals surface area contributed by atoms with E-state index in [-0.39, 0.29) is 6.03 Å². The average molecular weight is 292 g/mol. The van der Waals surface area contributed by atoms with E-state index in [9.17, 15) is 14.7 Å². The topological polar surface area (TPSA) is 70.1 Å². The van der Waals surface area contributed by atoms with Crippen LogP contribution >= 0.6 is 0 Å². The molecule has 1 aromatic carbocycles. The summed E-state index contributed by atoms with van der Waals surface area (Å²) in [5.41, 5.74) is -0.339. The fraction of sp³-hybridized carbons (Fsp3) is 0.467. The van der Waals surface area contributed by atoms with Gasteiger partial charge in [-0.2, -0.15) is 0 Å². The molecule has 6 heteroatoms. The Morgan fingerprint density at radius 1 is 1.33 bits per heavy atom. The molecule has 0 bridgehead atoms. The molecule has 0 saturated heterocycles. The number of nitrogens with zero attached hydrogens (tertiary/aromatic N) is 2. The van der Waals surface area contributed by atoms with Gasteiger partial charge in [0.15, 0.2) is 0 Å². The van der Waals surface area contributed by atoms with E-state index in [0.717, 1.165) is 11.3 Å². The number of urea groups is 1. The molecular weight excluding hydrogens is 272 g/mol. The highest BCUT2D eigenvalue weighted by molar-refractivity contribution is 5.85. The minimum atomic E-state index is -1.26. The molecule has 0 aromatic heterocycles. The predicted molar refractivity (Wildman–Crippen MR) is 77.2 cm³/mol. The van der Waals surface area contributed by atoms with Gasteiger partial charge in [-0.05, 0) is 19.9 Å². The largest absolute Gasteiger partial charge is 0.491 e. The summed E-state index contributed by atoms with van der Waals surface area (Å²) in [5.74, 6) is -0.266. The number of rotatable bonds is 2. The summed E-state index contributed by atoms with van der Waals surface area (Å²) in [4.78, 5) is 26.7. The Labute approximate surface area is 123 Å². The smallest absolute Gasteiger partial charge is 0.329 e. The van der Waals surface area contributed by atoms with Crippen LogP contribution in [0, 0.1) is 0 Å². The van der Waals surface area contributed by atoms with E-state index in [1.54, 1.807) is 4.90 Å². The Morgan fingerprint density at radius 2 is 2.00 bits per heavy atom. The quantitative estimate of drug-likeness (QED) is 0.902. The minimum Gasteiger partial charge on any atom is -0.491 e. The molecule has 0 spiro atoms. The number of para-hydroxylation sites is 1. The molecule has 0 saturated carbocycles. The van der Waals surface area contributed by atoms with Crippen molar-refractivity contribution in [3.8, 4) is 5.75 Å². The number of carbonyl (C=O) groups is 2. The summed E-state index contributed by atoms with van der Waals surface area (Å²) in [7, 11) is 1.51. The van der Waals surface area contributed by atoms with Crippen molar-refractivity contribution in [2.45, 2.75) is 25.9 Å². The number of ether oxygens (including phenoxy) is 1. The van der Waals surface area contributed by atoms with E-state index in [1.807, 2.05) is 24.3 Å². The van der Waals surface area contributed by atoms with Crippen LogP contribution in [0.3, 0.4) is 0 Å². The summed E-state index contributed by atoms with van der Waals surface area (Å²) < 4.78 is 5.61. The monoisotopic (exact) mass is 292 g/mol. The third-order valence-electron chi connectivity index (χ3n) is 3.87. The van der Waals surface area contributed by atoms with Gasteiger partial charge in [0.25, 0.3) is 0 Å². The first-order valence-corrected chi connectivity index (χ1v) is 6.81. The van der Waals surface area contributed by atoms with Crippen molar-refractivity contribution in [1.82, 2.24) is 9.80 Å². The molecular formula is C15H20N2O4. The van der Waals surface area contributed by atoms with Gasteiger partial charge in [0.1, 0.15) is 17.9 Å². The van der Waals surface area contributed by atoms with E-state index in [4.69, 9.17) is 4.74 Å². The highest BCUT2D eigenvalue weighted by atomic mass is 16.5. The number of carbonyl (C=O) groups excluding carboxylic acids is 1. The number of likely N-dealkylation sites (N-methyl/N-ethyl adjacent to an activating group) is 1. The Balaban J connectivity index is 2.19. The first-order chi connectivity index (χ1) is 9.84. The molecule has 2 amide bonds. The van der Waals surface area contributed by atoms with Gasteiger partial charge in [-0.15, -0.1) is 0 Å². The number of carboxylic acids is 1. The lowest BCUT2D eigenvalue weighted by molar-refractivity contribution is -0.147. The Bertz CT molecular complexity index is 556. The van der Waals surface area contributed by atoms with Crippen molar-refractivity contribution in [3.05, 3.63) is 29.8 Å². The fourth-order valence-corrected chi connectivity index (χ4v) is 2.08. The second-order valence-electron chi connectivity index (χ2n) is 5.58. The van der Waals surface area contributed by atoms with Gasteiger partial charge < -0.3 is 19.6 Å². The first kappa shape index (κ1) is 15.2. The van der Waals surface area contributed by atoms with Crippen LogP contribution in [0.2, 0.25) is 0 Å². The van der Waals surface area contributed by atoms with Gasteiger partial charge in [0, 0.05) is 12.6 Å². The van der Waals surface area contributed by atoms with Crippen molar-refractivity contribution < 1.29 is 19.4 Å². The average Bonchev–Trinajstić information content (AvgIpc) is 2.67. The molecule has 2 rings (SSSR count). The first-order valence-electron chi connectivity index (χ1n) is 6.81. The third-order valence-corrected chi connectivity index (χ3v) is 3.87. The molecule has 1 aromatic rings. The van der Waals surface area contributed by atoms with Gasteiger partial charge in [-0.25, -0.2) is 9.59 Å². The molecule has 0 fully saturated rings. The number of carboxylic acid groups (broad SMARTS) is 1. The summed E-state index contributed by atoms with van der Waals surface area (Å²) in [6, 6.07) is 7.23. The molecule has 0 radical (unpaired) electrons. The molecule has 1 aliphatic rings. The lowest BCUT2D eigenvalue weighted by atomic mass is 10.0. The van der Waals surface area contributed by atoms with E-state index >= 15 is 0 Å². The Morgan fingerprint density at radius 3 is 2.67 bits per heavy atom. The maximum Gasteiger partial charge on any atom is 0.329 e. The third kappa shape index (κ3) is 2.94. The standard InChI is InChI=1S/C15H20N2O4/c1-15(2,13(18)19)16(3)14(20)17-8-9-21-12-7-5-4-6-11(12)10-17/h4-7H,8-10H2,1-3H3,(H,18,19). The number of hydrogen-bond acceptors (Lipinski definition) is 3. The number of fused-ring (bicyclic) bond motifs is 1. The minimum absolute atomic E-state index is 0.317. The number of aliphatic carboxylic acids is 1. The Kier molecular flexibility index (Phi) is 4.06. The highest BCUT2D eigenvalue weighted by Crippen LogP contribution is 2.24. The van der Waals surface area contributed by atoms with Crippen LogP contribution in [0.25, 0.3) is 0 Å². The molecule has 114 valence electrons. The summed E-state index contributed by atoms with van der Waals surface area (Å²) in [6.07, 6.45) is 0. The molecule has 1 aliphatic heterocycles. The molecule has 1 N–H and O–H groups in total. The second kappa shape index (κ2) is 5.63. The van der Waals surface area contributed by atoms with E-state index in [0.29, 0.717) is 19.7 Å². The Hall–Kier alpha value is -2.24. The molecule has 0 unspecified atom stereocenters. The van der Waals surface area contributed by atoms with E-state index < -0.39 is 11.5 Å². The summed E-state index contributed by atoms with van der Waals surface area (Å²) in [6.45, 7) is 4.25. The van der Waals surface area contributed by atoms with Gasteiger partial charge in [0.05, 0.1) is 13.1 Å². The fourth-order valence-electron chi connectivity index (χ4n) is 2.08. The number of amides is 2. The van der Waals surface area contributed by atoms with Crippen molar-refractivity contribution >= 4 is 12.0 Å². The number of benzene rings is 1. The van der Waals surface area contributed by atoms with Crippen molar-refractivity contribution in [3.63, 3.8) is 0 Å². The van der Waals surface area contributed by atoms with Crippen LogP contribution < -0.4 is 4.74 Å². The normalized spacial score (nSPS) is 14.7. The maximum atomic E-state index is 12.5. The maximum absolute atomic E-state index is 12.5. The van der Waals surface area contributed by atoms with E-state index in [2.05, 4.69) is 0 Å². The molecule has 6 nitrogen and oxygen atoms in total. The SMILES string of the molecule is CN(C(=O)N1CCOc2ccccc2C1)C(C)(C)C(=O)O. The van der Waals surface area contributed by atoms with Crippen LogP contribution in [0.4, 0.5) is 4.79 Å². The highest BCUT2D eigenvalue weighted by Gasteiger charge is 2.37. The molecule has 0 atom stereocenters. The van der Waals surface area contributed by atoms with Crippen LogP contribution in [0.1, 0.15) is 19.4 Å². The van der Waals surface area contributed by atoms with Crippen molar-refractivity contribution in [1.29, 1.82) is 0 Å². The molecule has 0 aliphatic carbocycles. The van der Waals surface area contributed by atoms with Gasteiger partial charge in [0.2, 0.25) is 0 Å². The molecule has 1 heterocycles. The summed E-state index contributed by atoms with van der Waals surface area (Å²) in [5, 5.41) is 9.24.